The zero-order chi connectivity index (χ0) is 39.2. The van der Waals surface area contributed by atoms with Crippen molar-refractivity contribution in [1.29, 1.82) is 0 Å². The standard InChI is InChI=1S/C56H44N2/c1-55(2)50-24-13-12-21-45(50)46-31-27-39(34-51(46)55)57-38-17-14-18-41(33-38)58(40-28-25-37(26-29-40)36-15-6-5-7-16-36)42-30-32-49-52(35-42)56(3,4)54-48-23-11-9-20-44(48)43-19-8-10-22-47(43)53(49)54/h5-35,57H,1-4H3. The first-order chi connectivity index (χ1) is 28.3. The van der Waals surface area contributed by atoms with Gasteiger partial charge in [-0.05, 0) is 132 Å². The molecule has 0 amide bonds. The van der Waals surface area contributed by atoms with E-state index in [2.05, 4.69) is 226 Å². The molecule has 0 atom stereocenters. The topological polar surface area (TPSA) is 15.3 Å². The fourth-order valence-electron chi connectivity index (χ4n) is 10.2. The lowest BCUT2D eigenvalue weighted by Crippen LogP contribution is -2.17. The summed E-state index contributed by atoms with van der Waals surface area (Å²) in [6.07, 6.45) is 0. The van der Waals surface area contributed by atoms with E-state index in [1.165, 1.54) is 77.2 Å². The quantitative estimate of drug-likeness (QED) is 0.171. The Morgan fingerprint density at radius 2 is 0.931 bits per heavy atom. The van der Waals surface area contributed by atoms with E-state index >= 15 is 0 Å². The Morgan fingerprint density at radius 1 is 0.362 bits per heavy atom. The van der Waals surface area contributed by atoms with Gasteiger partial charge in [0.2, 0.25) is 0 Å². The Kier molecular flexibility index (Phi) is 7.59. The second-order valence-corrected chi connectivity index (χ2v) is 17.1. The molecular weight excluding hydrogens is 701 g/mol. The lowest BCUT2D eigenvalue weighted by atomic mass is 9.79. The number of hydrogen-bond acceptors (Lipinski definition) is 2. The Balaban J connectivity index is 1.03. The van der Waals surface area contributed by atoms with Crippen molar-refractivity contribution in [2.75, 3.05) is 10.2 Å². The van der Waals surface area contributed by atoms with Crippen LogP contribution in [0.1, 0.15) is 49.9 Å². The van der Waals surface area contributed by atoms with E-state index in [-0.39, 0.29) is 10.8 Å². The van der Waals surface area contributed by atoms with E-state index < -0.39 is 0 Å². The largest absolute Gasteiger partial charge is 0.355 e. The highest BCUT2D eigenvalue weighted by Crippen LogP contribution is 2.56. The van der Waals surface area contributed by atoms with Gasteiger partial charge in [0.15, 0.2) is 0 Å². The van der Waals surface area contributed by atoms with Crippen molar-refractivity contribution in [1.82, 2.24) is 0 Å². The van der Waals surface area contributed by atoms with Crippen LogP contribution in [0.3, 0.4) is 0 Å². The third-order valence-electron chi connectivity index (χ3n) is 13.0. The smallest absolute Gasteiger partial charge is 0.0482 e. The van der Waals surface area contributed by atoms with Crippen molar-refractivity contribution >= 4 is 50.0 Å². The number of anilines is 5. The van der Waals surface area contributed by atoms with Gasteiger partial charge in [0.05, 0.1) is 0 Å². The van der Waals surface area contributed by atoms with Crippen LogP contribution in [0.25, 0.3) is 54.9 Å². The second kappa shape index (κ2) is 12.8. The first kappa shape index (κ1) is 34.4. The van der Waals surface area contributed by atoms with E-state index in [0.717, 1.165) is 28.4 Å². The fourth-order valence-corrected chi connectivity index (χ4v) is 10.2. The molecule has 0 radical (unpaired) electrons. The van der Waals surface area contributed by atoms with Crippen LogP contribution in [0.2, 0.25) is 0 Å². The summed E-state index contributed by atoms with van der Waals surface area (Å²) in [7, 11) is 0. The molecule has 278 valence electrons. The Labute approximate surface area is 341 Å². The molecule has 2 heteroatoms. The third kappa shape index (κ3) is 5.18. The van der Waals surface area contributed by atoms with Gasteiger partial charge < -0.3 is 10.2 Å². The van der Waals surface area contributed by atoms with Crippen LogP contribution in [0.15, 0.2) is 188 Å². The molecule has 0 aromatic heterocycles. The minimum atomic E-state index is -0.211. The van der Waals surface area contributed by atoms with Gasteiger partial charge in [-0.2, -0.15) is 0 Å². The van der Waals surface area contributed by atoms with Crippen LogP contribution >= 0.6 is 0 Å². The van der Waals surface area contributed by atoms with Crippen molar-refractivity contribution in [3.8, 4) is 33.4 Å². The van der Waals surface area contributed by atoms with Gasteiger partial charge in [0, 0.05) is 39.3 Å². The maximum atomic E-state index is 3.80. The maximum absolute atomic E-state index is 3.80. The molecule has 1 N–H and O–H groups in total. The first-order valence-corrected chi connectivity index (χ1v) is 20.4. The average Bonchev–Trinajstić information content (AvgIpc) is 3.64. The van der Waals surface area contributed by atoms with Gasteiger partial charge in [0.25, 0.3) is 0 Å². The summed E-state index contributed by atoms with van der Waals surface area (Å²) in [5, 5.41) is 9.09. The van der Waals surface area contributed by atoms with Crippen molar-refractivity contribution in [3.05, 3.63) is 210 Å². The highest BCUT2D eigenvalue weighted by atomic mass is 15.1. The molecule has 0 bridgehead atoms. The second-order valence-electron chi connectivity index (χ2n) is 17.1. The summed E-state index contributed by atoms with van der Waals surface area (Å²) in [6.45, 7) is 9.49. The molecule has 2 aliphatic rings. The number of hydrogen-bond donors (Lipinski definition) is 1. The lowest BCUT2D eigenvalue weighted by molar-refractivity contribution is 0.660. The van der Waals surface area contributed by atoms with Gasteiger partial charge in [-0.3, -0.25) is 0 Å². The van der Waals surface area contributed by atoms with E-state index in [1.807, 2.05) is 0 Å². The van der Waals surface area contributed by atoms with Gasteiger partial charge >= 0.3 is 0 Å². The molecule has 0 saturated carbocycles. The minimum Gasteiger partial charge on any atom is -0.355 e. The fraction of sp³-hybridized carbons (Fsp3) is 0.107. The molecule has 0 spiro atoms. The number of nitrogens with zero attached hydrogens (tertiary/aromatic N) is 1. The number of rotatable bonds is 6. The van der Waals surface area contributed by atoms with Gasteiger partial charge in [0.1, 0.15) is 0 Å². The van der Waals surface area contributed by atoms with Crippen molar-refractivity contribution in [2.45, 2.75) is 38.5 Å². The summed E-state index contributed by atoms with van der Waals surface area (Å²) in [5.41, 5.74) is 18.5. The van der Waals surface area contributed by atoms with Crippen molar-refractivity contribution < 1.29 is 0 Å². The van der Waals surface area contributed by atoms with E-state index in [4.69, 9.17) is 0 Å². The predicted octanol–water partition coefficient (Wildman–Crippen LogP) is 15.5. The van der Waals surface area contributed by atoms with Crippen LogP contribution in [0, 0.1) is 0 Å². The Morgan fingerprint density at radius 3 is 1.72 bits per heavy atom. The summed E-state index contributed by atoms with van der Waals surface area (Å²) in [4.78, 5) is 2.41. The molecule has 0 heterocycles. The molecule has 2 nitrogen and oxygen atoms in total. The van der Waals surface area contributed by atoms with Crippen LogP contribution < -0.4 is 10.2 Å². The highest BCUT2D eigenvalue weighted by molar-refractivity contribution is 6.18. The van der Waals surface area contributed by atoms with Crippen LogP contribution in [-0.4, -0.2) is 0 Å². The predicted molar refractivity (Wildman–Crippen MR) is 246 cm³/mol. The van der Waals surface area contributed by atoms with Gasteiger partial charge in [-0.25, -0.2) is 0 Å². The molecule has 0 unspecified atom stereocenters. The molecule has 2 aliphatic carbocycles. The SMILES string of the molecule is CC1(C)c2ccccc2-c2ccc(Nc3cccc(N(c4ccc(-c5ccccc5)cc4)c4ccc5c(c4)C(C)(C)c4c-5c5ccccc5c5ccccc45)c3)cc21. The minimum absolute atomic E-state index is 0.0617. The summed E-state index contributed by atoms with van der Waals surface area (Å²) in [5.74, 6) is 0. The lowest BCUT2D eigenvalue weighted by Gasteiger charge is -2.29. The van der Waals surface area contributed by atoms with E-state index in [0.29, 0.717) is 0 Å². The van der Waals surface area contributed by atoms with Crippen LogP contribution in [0.4, 0.5) is 28.4 Å². The Bertz CT molecular complexity index is 3080. The molecule has 58 heavy (non-hydrogen) atoms. The van der Waals surface area contributed by atoms with Crippen LogP contribution in [0.5, 0.6) is 0 Å². The summed E-state index contributed by atoms with van der Waals surface area (Å²) < 4.78 is 0. The molecule has 9 aromatic carbocycles. The summed E-state index contributed by atoms with van der Waals surface area (Å²) in [6, 6.07) is 69.2. The normalized spacial score (nSPS) is 14.1. The monoisotopic (exact) mass is 744 g/mol. The summed E-state index contributed by atoms with van der Waals surface area (Å²) >= 11 is 0. The Hall–Kier alpha value is -6.90. The van der Waals surface area contributed by atoms with Gasteiger partial charge in [-0.1, -0.05) is 161 Å². The first-order valence-electron chi connectivity index (χ1n) is 20.4. The van der Waals surface area contributed by atoms with Gasteiger partial charge in [-0.15, -0.1) is 0 Å². The highest BCUT2D eigenvalue weighted by Gasteiger charge is 2.39. The van der Waals surface area contributed by atoms with E-state index in [9.17, 15) is 0 Å². The molecule has 0 fully saturated rings. The molecule has 9 aromatic rings. The van der Waals surface area contributed by atoms with Crippen molar-refractivity contribution in [2.24, 2.45) is 0 Å². The number of nitrogens with one attached hydrogen (secondary N) is 1. The zero-order valence-electron chi connectivity index (χ0n) is 33.3. The zero-order valence-corrected chi connectivity index (χ0v) is 33.3. The number of fused-ring (bicyclic) bond motifs is 11. The average molecular weight is 745 g/mol. The van der Waals surface area contributed by atoms with E-state index in [1.54, 1.807) is 0 Å². The molecule has 0 saturated heterocycles. The molecule has 11 rings (SSSR count). The maximum Gasteiger partial charge on any atom is 0.0482 e. The molecular formula is C56H44N2. The number of benzene rings is 9. The van der Waals surface area contributed by atoms with Crippen LogP contribution in [-0.2, 0) is 10.8 Å². The molecule has 0 aliphatic heterocycles. The third-order valence-corrected chi connectivity index (χ3v) is 13.0. The van der Waals surface area contributed by atoms with Crippen molar-refractivity contribution in [3.63, 3.8) is 0 Å².